The van der Waals surface area contributed by atoms with Crippen LogP contribution in [0.3, 0.4) is 0 Å². The molecule has 0 bridgehead atoms. The van der Waals surface area contributed by atoms with Gasteiger partial charge >= 0.3 is 0 Å². The number of methoxy groups -OCH3 is 1. The molecule has 5 atom stereocenters. The lowest BCUT2D eigenvalue weighted by molar-refractivity contribution is -0.265. The van der Waals surface area contributed by atoms with Gasteiger partial charge in [-0.15, -0.1) is 0 Å². The molecule has 0 amide bonds. The quantitative estimate of drug-likeness (QED) is 0.754. The van der Waals surface area contributed by atoms with E-state index in [0.717, 1.165) is 51.4 Å². The van der Waals surface area contributed by atoms with E-state index < -0.39 is 0 Å². The van der Waals surface area contributed by atoms with Crippen molar-refractivity contribution in [1.29, 1.82) is 0 Å². The fourth-order valence-corrected chi connectivity index (χ4v) is 4.52. The van der Waals surface area contributed by atoms with Crippen LogP contribution in [-0.4, -0.2) is 52.6 Å². The van der Waals surface area contributed by atoms with Crippen molar-refractivity contribution in [2.75, 3.05) is 7.11 Å². The van der Waals surface area contributed by atoms with Gasteiger partial charge in [-0.25, -0.2) is 0 Å². The van der Waals surface area contributed by atoms with E-state index in [1.165, 1.54) is 0 Å². The molecule has 0 aromatic heterocycles. The highest BCUT2D eigenvalue weighted by molar-refractivity contribution is 4.92. The van der Waals surface area contributed by atoms with Crippen LogP contribution in [-0.2, 0) is 4.74 Å². The molecular formula is C16H29O4+. The molecule has 20 heavy (non-hydrogen) atoms. The summed E-state index contributed by atoms with van der Waals surface area (Å²) in [5.74, 6) is 1.01. The second-order valence-corrected chi connectivity index (χ2v) is 6.99. The van der Waals surface area contributed by atoms with Crippen LogP contribution in [0.1, 0.15) is 51.4 Å². The maximum Gasteiger partial charge on any atom is 0.162 e. The minimum atomic E-state index is -0.239. The Labute approximate surface area is 121 Å². The first-order valence-electron chi connectivity index (χ1n) is 8.26. The topological polar surface area (TPSA) is 62.5 Å². The lowest BCUT2D eigenvalue weighted by atomic mass is 9.74. The Morgan fingerprint density at radius 3 is 2.35 bits per heavy atom. The third-order valence-corrected chi connectivity index (χ3v) is 5.79. The molecule has 116 valence electrons. The minimum absolute atomic E-state index is 0.0861. The van der Waals surface area contributed by atoms with Crippen molar-refractivity contribution in [2.45, 2.75) is 81.9 Å². The highest BCUT2D eigenvalue weighted by atomic mass is 16.5. The molecule has 0 radical (unpaired) electrons. The number of hydrogen-bond acceptors (Lipinski definition) is 3. The van der Waals surface area contributed by atoms with Crippen molar-refractivity contribution in [3.63, 3.8) is 0 Å². The second kappa shape index (κ2) is 6.30. The van der Waals surface area contributed by atoms with Gasteiger partial charge in [-0.3, -0.25) is 0 Å². The van der Waals surface area contributed by atoms with Gasteiger partial charge < -0.3 is 19.7 Å². The summed E-state index contributed by atoms with van der Waals surface area (Å²) in [5.41, 5.74) is 0. The molecule has 3 N–H and O–H groups in total. The molecule has 0 spiro atoms. The van der Waals surface area contributed by atoms with Gasteiger partial charge in [0.05, 0.1) is 24.2 Å². The van der Waals surface area contributed by atoms with E-state index in [4.69, 9.17) is 9.47 Å². The van der Waals surface area contributed by atoms with E-state index >= 15 is 0 Å². The molecule has 2 aliphatic carbocycles. The largest absolute Gasteiger partial charge is 0.429 e. The first kappa shape index (κ1) is 14.8. The number of aliphatic hydroxyl groups excluding tert-OH is 2. The zero-order valence-corrected chi connectivity index (χ0v) is 12.4. The van der Waals surface area contributed by atoms with E-state index in [-0.39, 0.29) is 24.4 Å². The first-order chi connectivity index (χ1) is 9.67. The number of fused-ring (bicyclic) bond motifs is 1. The fourth-order valence-electron chi connectivity index (χ4n) is 4.52. The molecule has 2 saturated carbocycles. The molecular weight excluding hydrogens is 256 g/mol. The van der Waals surface area contributed by atoms with Gasteiger partial charge in [-0.2, -0.15) is 0 Å². The average Bonchev–Trinajstić information content (AvgIpc) is 2.47. The number of rotatable bonds is 2. The molecule has 4 nitrogen and oxygen atoms in total. The smallest absolute Gasteiger partial charge is 0.162 e. The Bertz CT molecular complexity index is 314. The van der Waals surface area contributed by atoms with E-state index in [1.54, 1.807) is 7.11 Å². The Kier molecular flexibility index (Phi) is 4.65. The third kappa shape index (κ3) is 3.03. The predicted octanol–water partition coefficient (Wildman–Crippen LogP) is 1.38. The number of hydrogen-bond donors (Lipinski definition) is 2. The van der Waals surface area contributed by atoms with Crippen molar-refractivity contribution in [2.24, 2.45) is 11.8 Å². The predicted molar refractivity (Wildman–Crippen MR) is 76.5 cm³/mol. The molecule has 0 aromatic rings. The SMILES string of the molecule is COC1CC(O)C2CCC(C3CCC(O)CC3)[OH+]C2C1. The van der Waals surface area contributed by atoms with Crippen LogP contribution >= 0.6 is 0 Å². The Balaban J connectivity index is 1.59. The molecule has 3 fully saturated rings. The monoisotopic (exact) mass is 285 g/mol. The van der Waals surface area contributed by atoms with Crippen LogP contribution in [0, 0.1) is 11.8 Å². The molecule has 1 aliphatic heterocycles. The van der Waals surface area contributed by atoms with Crippen LogP contribution in [0.15, 0.2) is 0 Å². The zero-order chi connectivity index (χ0) is 14.1. The van der Waals surface area contributed by atoms with E-state index in [2.05, 4.69) is 0 Å². The Hall–Kier alpha value is -0.160. The van der Waals surface area contributed by atoms with E-state index in [1.807, 2.05) is 0 Å². The van der Waals surface area contributed by atoms with Crippen molar-refractivity contribution < 1.29 is 19.7 Å². The molecule has 4 heteroatoms. The third-order valence-electron chi connectivity index (χ3n) is 5.79. The van der Waals surface area contributed by atoms with Crippen molar-refractivity contribution in [1.82, 2.24) is 0 Å². The van der Waals surface area contributed by atoms with E-state index in [9.17, 15) is 10.2 Å². The molecule has 0 aromatic carbocycles. The van der Waals surface area contributed by atoms with Gasteiger partial charge in [0, 0.05) is 32.3 Å². The standard InChI is InChI=1S/C16H28O4/c1-19-12-8-14(18)13-6-7-15(20-16(13)9-12)10-2-4-11(17)5-3-10/h10-18H,2-9H2,1H3/p+1. The maximum absolute atomic E-state index is 10.3. The van der Waals surface area contributed by atoms with Gasteiger partial charge in [0.25, 0.3) is 0 Å². The number of aliphatic hydroxyl groups is 4. The summed E-state index contributed by atoms with van der Waals surface area (Å²) >= 11 is 0. The van der Waals surface area contributed by atoms with Crippen LogP contribution < -0.4 is 0 Å². The average molecular weight is 285 g/mol. The molecule has 3 aliphatic rings. The summed E-state index contributed by atoms with van der Waals surface area (Å²) in [4.78, 5) is 0. The maximum atomic E-state index is 10.3. The zero-order valence-electron chi connectivity index (χ0n) is 12.4. The van der Waals surface area contributed by atoms with Crippen molar-refractivity contribution >= 4 is 0 Å². The van der Waals surface area contributed by atoms with Gasteiger partial charge in [0.1, 0.15) is 0 Å². The van der Waals surface area contributed by atoms with Crippen LogP contribution in [0.5, 0.6) is 0 Å². The first-order valence-corrected chi connectivity index (χ1v) is 8.26. The second-order valence-electron chi connectivity index (χ2n) is 6.99. The van der Waals surface area contributed by atoms with Gasteiger partial charge in [-0.1, -0.05) is 0 Å². The molecule has 1 heterocycles. The van der Waals surface area contributed by atoms with Crippen LogP contribution in [0.2, 0.25) is 0 Å². The summed E-state index contributed by atoms with van der Waals surface area (Å²) in [6, 6.07) is 0. The van der Waals surface area contributed by atoms with Gasteiger partial charge in [0.2, 0.25) is 0 Å². The summed E-state index contributed by atoms with van der Waals surface area (Å²) in [5, 5.41) is 19.9. The van der Waals surface area contributed by atoms with E-state index in [0.29, 0.717) is 17.9 Å². The summed E-state index contributed by atoms with van der Waals surface area (Å²) in [7, 11) is 1.74. The summed E-state index contributed by atoms with van der Waals surface area (Å²) < 4.78 is 10.5. The minimum Gasteiger partial charge on any atom is -0.429 e. The van der Waals surface area contributed by atoms with Crippen molar-refractivity contribution in [3.05, 3.63) is 0 Å². The normalized spacial score (nSPS) is 49.6. The summed E-state index contributed by atoms with van der Waals surface area (Å²) in [6.45, 7) is 0. The highest BCUT2D eigenvalue weighted by Gasteiger charge is 2.47. The molecule has 5 unspecified atom stereocenters. The lowest BCUT2D eigenvalue weighted by Crippen LogP contribution is -2.52. The fraction of sp³-hybridized carbons (Fsp3) is 1.00. The lowest BCUT2D eigenvalue weighted by Gasteiger charge is -2.43. The summed E-state index contributed by atoms with van der Waals surface area (Å²) in [6.07, 6.45) is 8.66. The van der Waals surface area contributed by atoms with Crippen LogP contribution in [0.25, 0.3) is 0 Å². The van der Waals surface area contributed by atoms with Gasteiger partial charge in [0.15, 0.2) is 12.2 Å². The van der Waals surface area contributed by atoms with Gasteiger partial charge in [-0.05, 0) is 32.1 Å². The number of ether oxygens (including phenoxy) is 2. The molecule has 3 rings (SSSR count). The van der Waals surface area contributed by atoms with Crippen molar-refractivity contribution in [3.8, 4) is 0 Å². The Morgan fingerprint density at radius 1 is 0.900 bits per heavy atom. The highest BCUT2D eigenvalue weighted by Crippen LogP contribution is 2.40. The van der Waals surface area contributed by atoms with Crippen LogP contribution in [0.4, 0.5) is 0 Å². The molecule has 1 saturated heterocycles. The Morgan fingerprint density at radius 2 is 1.65 bits per heavy atom.